The molecule has 0 radical (unpaired) electrons. The van der Waals surface area contributed by atoms with Gasteiger partial charge in [-0.1, -0.05) is 38.3 Å². The smallest absolute Gasteiger partial charge is 0.335 e. The van der Waals surface area contributed by atoms with Crippen LogP contribution >= 0.6 is 24.8 Å². The monoisotopic (exact) mass is 630 g/mol. The summed E-state index contributed by atoms with van der Waals surface area (Å²) < 4.78 is 8.81. The molecule has 1 saturated heterocycles. The first-order valence-corrected chi connectivity index (χ1v) is 15.4. The fourth-order valence-corrected chi connectivity index (χ4v) is 7.13. The first kappa shape index (κ1) is 33.0. The van der Waals surface area contributed by atoms with Gasteiger partial charge in [-0.05, 0) is 62.1 Å². The lowest BCUT2D eigenvalue weighted by Gasteiger charge is -2.35. The fourth-order valence-electron chi connectivity index (χ4n) is 7.13. The maximum Gasteiger partial charge on any atom is 0.335 e. The summed E-state index contributed by atoms with van der Waals surface area (Å²) in [6.45, 7) is 10.8. The normalized spacial score (nSPS) is 17.1. The van der Waals surface area contributed by atoms with Gasteiger partial charge in [0.1, 0.15) is 6.61 Å². The van der Waals surface area contributed by atoms with Gasteiger partial charge < -0.3 is 29.1 Å². The van der Waals surface area contributed by atoms with E-state index in [0.717, 1.165) is 79.2 Å². The molecule has 1 amide bonds. The van der Waals surface area contributed by atoms with E-state index in [9.17, 15) is 14.7 Å². The lowest BCUT2D eigenvalue weighted by molar-refractivity contribution is -0.131. The average molecular weight is 632 g/mol. The van der Waals surface area contributed by atoms with Crippen LogP contribution in [0.3, 0.4) is 0 Å². The highest BCUT2D eigenvalue weighted by Crippen LogP contribution is 2.49. The minimum absolute atomic E-state index is 0. The predicted octanol–water partition coefficient (Wildman–Crippen LogP) is 6.28. The summed E-state index contributed by atoms with van der Waals surface area (Å²) in [4.78, 5) is 31.8. The molecule has 1 saturated carbocycles. The van der Waals surface area contributed by atoms with Crippen LogP contribution in [0.5, 0.6) is 5.75 Å². The van der Waals surface area contributed by atoms with Gasteiger partial charge in [0.25, 0.3) is 0 Å². The Morgan fingerprint density at radius 1 is 0.977 bits per heavy atom. The summed E-state index contributed by atoms with van der Waals surface area (Å²) in [5.74, 6) is 0.508. The third-order valence-electron chi connectivity index (χ3n) is 9.40. The van der Waals surface area contributed by atoms with E-state index in [2.05, 4.69) is 46.4 Å². The molecule has 0 unspecified atom stereocenters. The second-order valence-electron chi connectivity index (χ2n) is 11.6. The molecule has 0 atom stereocenters. The number of anilines is 1. The number of para-hydroxylation sites is 1. The number of aromatic carboxylic acids is 1. The Labute approximate surface area is 266 Å². The van der Waals surface area contributed by atoms with Gasteiger partial charge in [0.05, 0.1) is 30.0 Å². The number of fused-ring (bicyclic) bond motifs is 5. The summed E-state index contributed by atoms with van der Waals surface area (Å²) in [6.07, 6.45) is 5.98. The molecule has 3 aromatic rings. The van der Waals surface area contributed by atoms with Crippen LogP contribution in [0.15, 0.2) is 36.4 Å². The molecule has 3 heterocycles. The van der Waals surface area contributed by atoms with Crippen molar-refractivity contribution in [1.82, 2.24) is 14.4 Å². The van der Waals surface area contributed by atoms with Gasteiger partial charge in [-0.15, -0.1) is 24.8 Å². The molecule has 1 aliphatic carbocycles. The number of piperazine rings is 1. The van der Waals surface area contributed by atoms with Gasteiger partial charge >= 0.3 is 5.97 Å². The van der Waals surface area contributed by atoms with E-state index >= 15 is 0 Å². The number of rotatable bonds is 7. The van der Waals surface area contributed by atoms with E-state index in [1.165, 1.54) is 24.8 Å². The molecule has 43 heavy (non-hydrogen) atoms. The van der Waals surface area contributed by atoms with Gasteiger partial charge in [-0.3, -0.25) is 4.79 Å². The molecular formula is C33H44Cl2N4O4. The standard InChI is InChI=1S/C33H42N4O4.2ClH/c1-3-34-15-17-36(18-16-34)29(38)22-35(4-2)27-12-8-11-26-31-30(23-9-6-5-7-10-23)25-14-13-24(33(39)40)21-28(25)37(31)19-20-41-32(26)27;;/h8,11-14,21,23H,3-7,9-10,15-20,22H2,1-2H3,(H,39,40);2*1H. The zero-order chi connectivity index (χ0) is 28.5. The van der Waals surface area contributed by atoms with E-state index in [1.807, 2.05) is 17.0 Å². The highest BCUT2D eigenvalue weighted by molar-refractivity contribution is 5.99. The van der Waals surface area contributed by atoms with Crippen molar-refractivity contribution in [2.75, 3.05) is 57.3 Å². The van der Waals surface area contributed by atoms with Crippen molar-refractivity contribution in [2.45, 2.75) is 58.4 Å². The Hall–Kier alpha value is -2.94. The van der Waals surface area contributed by atoms with E-state index in [0.29, 0.717) is 37.7 Å². The zero-order valence-electron chi connectivity index (χ0n) is 25.2. The lowest BCUT2D eigenvalue weighted by atomic mass is 9.81. The van der Waals surface area contributed by atoms with Crippen molar-refractivity contribution in [3.63, 3.8) is 0 Å². The molecule has 10 heteroatoms. The number of ether oxygens (including phenoxy) is 1. The van der Waals surface area contributed by atoms with Crippen LogP contribution in [0.25, 0.3) is 22.2 Å². The fraction of sp³-hybridized carbons (Fsp3) is 0.515. The van der Waals surface area contributed by atoms with Gasteiger partial charge in [0.2, 0.25) is 5.91 Å². The maximum atomic E-state index is 13.4. The summed E-state index contributed by atoms with van der Waals surface area (Å²) in [5, 5.41) is 10.9. The van der Waals surface area contributed by atoms with Crippen LogP contribution in [0.4, 0.5) is 5.69 Å². The van der Waals surface area contributed by atoms with Crippen LogP contribution < -0.4 is 9.64 Å². The van der Waals surface area contributed by atoms with Crippen molar-refractivity contribution >= 4 is 53.3 Å². The van der Waals surface area contributed by atoms with Crippen LogP contribution in [-0.2, 0) is 11.3 Å². The van der Waals surface area contributed by atoms with Crippen LogP contribution in [0.2, 0.25) is 0 Å². The minimum Gasteiger partial charge on any atom is -0.489 e. The van der Waals surface area contributed by atoms with Crippen molar-refractivity contribution in [3.05, 3.63) is 47.5 Å². The largest absolute Gasteiger partial charge is 0.489 e. The average Bonchev–Trinajstić information content (AvgIpc) is 3.20. The summed E-state index contributed by atoms with van der Waals surface area (Å²) in [6, 6.07) is 11.9. The highest BCUT2D eigenvalue weighted by Gasteiger charge is 2.31. The van der Waals surface area contributed by atoms with Crippen LogP contribution in [0.1, 0.15) is 67.8 Å². The van der Waals surface area contributed by atoms with E-state index < -0.39 is 5.97 Å². The van der Waals surface area contributed by atoms with Crippen molar-refractivity contribution in [2.24, 2.45) is 0 Å². The number of carbonyl (C=O) groups is 2. The molecule has 234 valence electrons. The molecule has 6 rings (SSSR count). The van der Waals surface area contributed by atoms with Crippen molar-refractivity contribution in [3.8, 4) is 17.0 Å². The quantitative estimate of drug-likeness (QED) is 0.331. The number of hydrogen-bond donors (Lipinski definition) is 1. The topological polar surface area (TPSA) is 78.2 Å². The Kier molecular flexibility index (Phi) is 10.9. The number of likely N-dealkylation sites (N-methyl/N-ethyl adjacent to an activating group) is 2. The number of halogens is 2. The van der Waals surface area contributed by atoms with Crippen LogP contribution in [-0.4, -0.2) is 83.8 Å². The maximum absolute atomic E-state index is 13.4. The van der Waals surface area contributed by atoms with E-state index in [-0.39, 0.29) is 30.7 Å². The molecule has 1 aromatic heterocycles. The Morgan fingerprint density at radius 2 is 1.72 bits per heavy atom. The Balaban J connectivity index is 0.00000212. The third-order valence-corrected chi connectivity index (χ3v) is 9.40. The summed E-state index contributed by atoms with van der Waals surface area (Å²) >= 11 is 0. The third kappa shape index (κ3) is 6.33. The highest BCUT2D eigenvalue weighted by atomic mass is 35.5. The number of benzene rings is 2. The molecule has 2 aliphatic heterocycles. The number of carboxylic acids is 1. The van der Waals surface area contributed by atoms with Crippen molar-refractivity contribution < 1.29 is 19.4 Å². The number of amides is 1. The van der Waals surface area contributed by atoms with Gasteiger partial charge in [-0.2, -0.15) is 0 Å². The van der Waals surface area contributed by atoms with Crippen LogP contribution in [0, 0.1) is 0 Å². The molecule has 3 aliphatic rings. The molecule has 0 spiro atoms. The first-order valence-electron chi connectivity index (χ1n) is 15.4. The van der Waals surface area contributed by atoms with E-state index in [1.54, 1.807) is 6.07 Å². The van der Waals surface area contributed by atoms with Gasteiger partial charge in [-0.25, -0.2) is 4.79 Å². The number of aromatic nitrogens is 1. The van der Waals surface area contributed by atoms with Gasteiger partial charge in [0, 0.05) is 49.2 Å². The Bertz CT molecular complexity index is 1440. The predicted molar refractivity (Wildman–Crippen MR) is 177 cm³/mol. The first-order chi connectivity index (χ1) is 20.0. The number of carbonyl (C=O) groups excluding carboxylic acids is 1. The van der Waals surface area contributed by atoms with E-state index in [4.69, 9.17) is 4.74 Å². The molecule has 2 fully saturated rings. The summed E-state index contributed by atoms with van der Waals surface area (Å²) in [5.41, 5.74) is 5.75. The lowest BCUT2D eigenvalue weighted by Crippen LogP contribution is -2.51. The molecule has 2 aromatic carbocycles. The molecule has 0 bridgehead atoms. The minimum atomic E-state index is -0.909. The molecular weight excluding hydrogens is 587 g/mol. The Morgan fingerprint density at radius 3 is 2.40 bits per heavy atom. The number of hydrogen-bond acceptors (Lipinski definition) is 5. The zero-order valence-corrected chi connectivity index (χ0v) is 26.9. The second kappa shape index (κ2) is 14.2. The molecule has 8 nitrogen and oxygen atoms in total. The second-order valence-corrected chi connectivity index (χ2v) is 11.6. The molecule has 1 N–H and O–H groups in total. The van der Waals surface area contributed by atoms with Gasteiger partial charge in [0.15, 0.2) is 5.75 Å². The number of nitrogens with zero attached hydrogens (tertiary/aromatic N) is 4. The SMILES string of the molecule is CCN1CCN(C(=O)CN(CC)c2cccc3c2OCCn2c-3c(C3CCCCC3)c3ccc(C(=O)O)cc32)CC1.Cl.Cl. The number of carboxylic acid groups (broad SMARTS) is 1. The summed E-state index contributed by atoms with van der Waals surface area (Å²) in [7, 11) is 0. The van der Waals surface area contributed by atoms with Crippen molar-refractivity contribution in [1.29, 1.82) is 0 Å².